The topological polar surface area (TPSA) is 21.3 Å². The Balaban J connectivity index is 1.93. The smallest absolute Gasteiger partial charge is 0.0667 e. The van der Waals surface area contributed by atoms with Gasteiger partial charge in [-0.25, -0.2) is 0 Å². The molecule has 1 N–H and O–H groups in total. The zero-order chi connectivity index (χ0) is 12.6. The third-order valence-corrected chi connectivity index (χ3v) is 3.37. The third-order valence-electron chi connectivity index (χ3n) is 3.37. The van der Waals surface area contributed by atoms with E-state index in [0.29, 0.717) is 6.04 Å². The first-order valence-electron chi connectivity index (χ1n) is 6.87. The summed E-state index contributed by atoms with van der Waals surface area (Å²) < 4.78 is 5.33. The van der Waals surface area contributed by atoms with Gasteiger partial charge in [0.1, 0.15) is 0 Å². The summed E-state index contributed by atoms with van der Waals surface area (Å²) in [4.78, 5) is 0. The van der Waals surface area contributed by atoms with E-state index in [2.05, 4.69) is 41.7 Å². The van der Waals surface area contributed by atoms with Crippen LogP contribution in [0.25, 0.3) is 0 Å². The lowest BCUT2D eigenvalue weighted by atomic mass is 10.0. The molecule has 1 aliphatic rings. The Morgan fingerprint density at radius 2 is 2.06 bits per heavy atom. The Labute approximate surface area is 110 Å². The Hall–Kier alpha value is -1.28. The van der Waals surface area contributed by atoms with Crippen LogP contribution in [0.5, 0.6) is 0 Å². The van der Waals surface area contributed by atoms with Gasteiger partial charge >= 0.3 is 0 Å². The highest BCUT2D eigenvalue weighted by molar-refractivity contribution is 5.17. The van der Waals surface area contributed by atoms with E-state index in [4.69, 9.17) is 4.74 Å². The molecule has 0 amide bonds. The fourth-order valence-electron chi connectivity index (χ4n) is 2.48. The molecule has 0 unspecified atom stereocenters. The Morgan fingerprint density at radius 3 is 2.72 bits per heavy atom. The van der Waals surface area contributed by atoms with Crippen molar-refractivity contribution in [1.29, 1.82) is 0 Å². The lowest BCUT2D eigenvalue weighted by Crippen LogP contribution is -2.35. The summed E-state index contributed by atoms with van der Waals surface area (Å²) in [5, 5.41) is 3.64. The van der Waals surface area contributed by atoms with Crippen molar-refractivity contribution in [2.24, 2.45) is 0 Å². The molecule has 0 saturated carbocycles. The minimum atomic E-state index is 0.377. The van der Waals surface area contributed by atoms with Crippen molar-refractivity contribution in [3.8, 4) is 0 Å². The summed E-state index contributed by atoms with van der Waals surface area (Å²) in [6, 6.07) is 11.0. The van der Waals surface area contributed by atoms with Crippen molar-refractivity contribution in [2.45, 2.75) is 38.1 Å². The third kappa shape index (κ3) is 4.19. The average Bonchev–Trinajstić information content (AvgIpc) is 2.41. The van der Waals surface area contributed by atoms with Gasteiger partial charge in [0.2, 0.25) is 0 Å². The molecule has 0 radical (unpaired) electrons. The van der Waals surface area contributed by atoms with E-state index >= 15 is 0 Å². The Kier molecular flexibility index (Phi) is 5.28. The van der Waals surface area contributed by atoms with Crippen LogP contribution in [0.3, 0.4) is 0 Å². The molecule has 0 heterocycles. The first kappa shape index (κ1) is 13.2. The summed E-state index contributed by atoms with van der Waals surface area (Å²) in [5.74, 6) is 0. The van der Waals surface area contributed by atoms with Crippen LogP contribution in [0.2, 0.25) is 0 Å². The van der Waals surface area contributed by atoms with Crippen LogP contribution in [0.4, 0.5) is 0 Å². The van der Waals surface area contributed by atoms with Crippen LogP contribution in [0.1, 0.15) is 31.2 Å². The number of rotatable bonds is 6. The fraction of sp³-hybridized carbons (Fsp3) is 0.500. The first-order chi connectivity index (χ1) is 8.88. The summed E-state index contributed by atoms with van der Waals surface area (Å²) in [6.45, 7) is 0.756. The van der Waals surface area contributed by atoms with Crippen LogP contribution in [-0.2, 0) is 11.2 Å². The molecule has 18 heavy (non-hydrogen) atoms. The summed E-state index contributed by atoms with van der Waals surface area (Å²) >= 11 is 0. The van der Waals surface area contributed by atoms with Crippen LogP contribution in [0.15, 0.2) is 42.1 Å². The second-order valence-corrected chi connectivity index (χ2v) is 4.96. The molecule has 0 fully saturated rings. The largest absolute Gasteiger partial charge is 0.383 e. The molecule has 0 saturated heterocycles. The zero-order valence-corrected chi connectivity index (χ0v) is 11.2. The molecule has 1 aromatic rings. The number of nitrogens with one attached hydrogen (secondary N) is 1. The number of hydrogen-bond donors (Lipinski definition) is 1. The van der Waals surface area contributed by atoms with Gasteiger partial charge in [0.25, 0.3) is 0 Å². The van der Waals surface area contributed by atoms with Gasteiger partial charge in [0.05, 0.1) is 12.6 Å². The number of methoxy groups -OCH3 is 1. The maximum atomic E-state index is 5.33. The van der Waals surface area contributed by atoms with Crippen molar-refractivity contribution in [2.75, 3.05) is 13.7 Å². The van der Waals surface area contributed by atoms with Crippen molar-refractivity contribution < 1.29 is 4.74 Å². The molecule has 2 rings (SSSR count). The number of benzene rings is 1. The molecule has 2 heteroatoms. The molecular weight excluding hydrogens is 222 g/mol. The minimum Gasteiger partial charge on any atom is -0.383 e. The monoisotopic (exact) mass is 245 g/mol. The second kappa shape index (κ2) is 7.22. The van der Waals surface area contributed by atoms with Crippen LogP contribution in [-0.4, -0.2) is 19.8 Å². The number of allylic oxidation sites excluding steroid dienone is 2. The average molecular weight is 245 g/mol. The summed E-state index contributed by atoms with van der Waals surface area (Å²) in [6.07, 6.45) is 8.41. The standard InChI is InChI=1S/C16H23NO/c1-18-13-16(12-14-8-4-2-5-9-14)17-15-10-6-3-7-11-15/h2,4-5,8-10,16-17H,3,6-7,11-13H2,1H3/t16-/m0/s1. The molecule has 98 valence electrons. The van der Waals surface area contributed by atoms with E-state index in [1.807, 2.05) is 0 Å². The van der Waals surface area contributed by atoms with E-state index in [1.54, 1.807) is 7.11 Å². The molecule has 1 aliphatic carbocycles. The van der Waals surface area contributed by atoms with E-state index in [1.165, 1.54) is 36.9 Å². The molecule has 1 aromatic carbocycles. The van der Waals surface area contributed by atoms with E-state index in [0.717, 1.165) is 13.0 Å². The van der Waals surface area contributed by atoms with Gasteiger partial charge in [-0.15, -0.1) is 0 Å². The van der Waals surface area contributed by atoms with Gasteiger partial charge in [-0.1, -0.05) is 36.4 Å². The predicted octanol–water partition coefficient (Wildman–Crippen LogP) is 3.29. The normalized spacial score (nSPS) is 17.1. The molecule has 0 spiro atoms. The van der Waals surface area contributed by atoms with E-state index < -0.39 is 0 Å². The highest BCUT2D eigenvalue weighted by Gasteiger charge is 2.12. The van der Waals surface area contributed by atoms with E-state index in [-0.39, 0.29) is 0 Å². The highest BCUT2D eigenvalue weighted by Crippen LogP contribution is 2.16. The maximum absolute atomic E-state index is 5.33. The first-order valence-corrected chi connectivity index (χ1v) is 6.87. The van der Waals surface area contributed by atoms with Crippen molar-refractivity contribution in [3.05, 3.63) is 47.7 Å². The lowest BCUT2D eigenvalue weighted by molar-refractivity contribution is 0.169. The molecule has 0 aliphatic heterocycles. The summed E-state index contributed by atoms with van der Waals surface area (Å²) in [7, 11) is 1.77. The lowest BCUT2D eigenvalue weighted by Gasteiger charge is -2.23. The van der Waals surface area contributed by atoms with Gasteiger partial charge in [-0.2, -0.15) is 0 Å². The predicted molar refractivity (Wildman–Crippen MR) is 75.5 cm³/mol. The Morgan fingerprint density at radius 1 is 1.22 bits per heavy atom. The molecule has 1 atom stereocenters. The summed E-state index contributed by atoms with van der Waals surface area (Å²) in [5.41, 5.74) is 2.77. The highest BCUT2D eigenvalue weighted by atomic mass is 16.5. The van der Waals surface area contributed by atoms with Crippen LogP contribution >= 0.6 is 0 Å². The van der Waals surface area contributed by atoms with Crippen molar-refractivity contribution in [1.82, 2.24) is 5.32 Å². The van der Waals surface area contributed by atoms with Gasteiger partial charge in [-0.05, 0) is 37.7 Å². The molecule has 0 aromatic heterocycles. The van der Waals surface area contributed by atoms with Crippen molar-refractivity contribution in [3.63, 3.8) is 0 Å². The maximum Gasteiger partial charge on any atom is 0.0667 e. The Bertz CT molecular complexity index is 372. The van der Waals surface area contributed by atoms with Crippen LogP contribution < -0.4 is 5.32 Å². The van der Waals surface area contributed by atoms with Crippen molar-refractivity contribution >= 4 is 0 Å². The van der Waals surface area contributed by atoms with Crippen LogP contribution in [0, 0.1) is 0 Å². The zero-order valence-electron chi connectivity index (χ0n) is 11.2. The molecule has 0 bridgehead atoms. The van der Waals surface area contributed by atoms with Gasteiger partial charge in [-0.3, -0.25) is 0 Å². The minimum absolute atomic E-state index is 0.377. The van der Waals surface area contributed by atoms with Gasteiger partial charge in [0, 0.05) is 12.8 Å². The molecule has 2 nitrogen and oxygen atoms in total. The van der Waals surface area contributed by atoms with Gasteiger partial charge < -0.3 is 10.1 Å². The molecular formula is C16H23NO. The van der Waals surface area contributed by atoms with Gasteiger partial charge in [0.15, 0.2) is 0 Å². The number of ether oxygens (including phenoxy) is 1. The quantitative estimate of drug-likeness (QED) is 0.830. The number of hydrogen-bond acceptors (Lipinski definition) is 2. The SMILES string of the molecule is COC[C@H](Cc1ccccc1)NC1=CCCCC1. The fourth-order valence-corrected chi connectivity index (χ4v) is 2.48. The van der Waals surface area contributed by atoms with E-state index in [9.17, 15) is 0 Å². The second-order valence-electron chi connectivity index (χ2n) is 4.96.